The Hall–Kier alpha value is -3.10. The maximum absolute atomic E-state index is 14.0. The quantitative estimate of drug-likeness (QED) is 0.625. The van der Waals surface area contributed by atoms with Gasteiger partial charge in [-0.25, -0.2) is 4.79 Å². The second-order valence-electron chi connectivity index (χ2n) is 9.82. The van der Waals surface area contributed by atoms with Gasteiger partial charge in [-0.15, -0.1) is 0 Å². The summed E-state index contributed by atoms with van der Waals surface area (Å²) in [6.07, 6.45) is 1.93. The maximum Gasteiger partial charge on any atom is 0.326 e. The zero-order valence-electron chi connectivity index (χ0n) is 19.4. The lowest BCUT2D eigenvalue weighted by Gasteiger charge is -2.40. The van der Waals surface area contributed by atoms with Gasteiger partial charge in [0.05, 0.1) is 10.8 Å². The Kier molecular flexibility index (Phi) is 6.42. The van der Waals surface area contributed by atoms with Crippen molar-refractivity contribution in [3.63, 3.8) is 0 Å². The zero-order chi connectivity index (χ0) is 24.6. The van der Waals surface area contributed by atoms with Gasteiger partial charge in [0.1, 0.15) is 6.04 Å². The molecule has 1 spiro atoms. The summed E-state index contributed by atoms with van der Waals surface area (Å²) in [4.78, 5) is 42.5. The first kappa shape index (κ1) is 23.6. The molecule has 3 fully saturated rings. The molecule has 2 amide bonds. The van der Waals surface area contributed by atoms with Gasteiger partial charge in [0, 0.05) is 24.5 Å². The topological polar surface area (TPSA) is 89.9 Å². The molecule has 0 radical (unpaired) electrons. The van der Waals surface area contributed by atoms with Crippen LogP contribution in [-0.4, -0.2) is 75.8 Å². The van der Waals surface area contributed by atoms with Gasteiger partial charge in [0.15, 0.2) is 0 Å². The Morgan fingerprint density at radius 3 is 2.06 bits per heavy atom. The Labute approximate surface area is 210 Å². The number of hydrogen-bond donors (Lipinski definition) is 2. The van der Waals surface area contributed by atoms with Crippen LogP contribution in [-0.2, 0) is 14.4 Å². The minimum absolute atomic E-state index is 0.0387. The van der Waals surface area contributed by atoms with Crippen LogP contribution in [0.3, 0.4) is 0 Å². The van der Waals surface area contributed by atoms with E-state index in [1.54, 1.807) is 4.90 Å². The third-order valence-corrected chi connectivity index (χ3v) is 8.53. The van der Waals surface area contributed by atoms with Crippen molar-refractivity contribution in [3.8, 4) is 0 Å². The third-order valence-electron chi connectivity index (χ3n) is 7.91. The number of nitrogens with zero attached hydrogens (tertiary/aromatic N) is 2. The van der Waals surface area contributed by atoms with E-state index in [1.807, 2.05) is 60.7 Å². The average Bonchev–Trinajstić information content (AvgIpc) is 3.45. The van der Waals surface area contributed by atoms with Crippen LogP contribution >= 0.6 is 12.2 Å². The standard InChI is InChI=1S/C27H29N3O4S/c31-24-23(35)27(17-28-24)11-13-29(14-12-27)20-15-21(26(33)34)30(16-20)25(32)22(18-7-3-1-4-8-18)19-9-5-2-6-10-19/h1-10,20-22H,11-17H2,(H,28,31)(H,33,34)/t20-,21-/m0/s1. The van der Waals surface area contributed by atoms with E-state index in [4.69, 9.17) is 12.2 Å². The van der Waals surface area contributed by atoms with E-state index in [-0.39, 0.29) is 23.3 Å². The molecular formula is C27H29N3O4S. The molecule has 0 bridgehead atoms. The van der Waals surface area contributed by atoms with Crippen LogP contribution in [0.25, 0.3) is 0 Å². The third kappa shape index (κ3) is 4.36. The van der Waals surface area contributed by atoms with Crippen molar-refractivity contribution in [2.75, 3.05) is 26.2 Å². The van der Waals surface area contributed by atoms with Gasteiger partial charge in [-0.2, -0.15) is 0 Å². The van der Waals surface area contributed by atoms with Crippen LogP contribution in [0.5, 0.6) is 0 Å². The van der Waals surface area contributed by atoms with Crippen LogP contribution < -0.4 is 5.32 Å². The summed E-state index contributed by atoms with van der Waals surface area (Å²) >= 11 is 5.41. The SMILES string of the molecule is O=C1NCC2(CCN([C@H]3C[C@@H](C(=O)O)N(C(=O)C(c4ccccc4)c4ccccc4)C3)CC2)C1=S. The molecule has 3 heterocycles. The van der Waals surface area contributed by atoms with Crippen molar-refractivity contribution in [1.82, 2.24) is 15.1 Å². The van der Waals surface area contributed by atoms with E-state index < -0.39 is 17.9 Å². The number of aliphatic carboxylic acids is 1. The first-order valence-electron chi connectivity index (χ1n) is 12.1. The molecule has 7 nitrogen and oxygen atoms in total. The van der Waals surface area contributed by atoms with E-state index in [9.17, 15) is 19.5 Å². The fourth-order valence-electron chi connectivity index (χ4n) is 5.86. The second kappa shape index (κ2) is 9.51. The molecule has 3 aliphatic rings. The molecule has 182 valence electrons. The van der Waals surface area contributed by atoms with Gasteiger partial charge in [-0.1, -0.05) is 72.9 Å². The zero-order valence-corrected chi connectivity index (χ0v) is 20.2. The lowest BCUT2D eigenvalue weighted by molar-refractivity contribution is -0.148. The van der Waals surface area contributed by atoms with Gasteiger partial charge < -0.3 is 15.3 Å². The number of carbonyl (C=O) groups is 3. The molecule has 0 unspecified atom stereocenters. The van der Waals surface area contributed by atoms with Crippen LogP contribution in [0, 0.1) is 5.41 Å². The number of piperidine rings is 1. The van der Waals surface area contributed by atoms with Crippen LogP contribution in [0.2, 0.25) is 0 Å². The normalized spacial score (nSPS) is 24.2. The first-order valence-corrected chi connectivity index (χ1v) is 12.5. The fraction of sp³-hybridized carbons (Fsp3) is 0.407. The Bertz CT molecular complexity index is 1090. The summed E-state index contributed by atoms with van der Waals surface area (Å²) in [7, 11) is 0. The second-order valence-corrected chi connectivity index (χ2v) is 10.2. The van der Waals surface area contributed by atoms with Crippen LogP contribution in [0.1, 0.15) is 36.3 Å². The summed E-state index contributed by atoms with van der Waals surface area (Å²) in [5.41, 5.74) is 1.43. The highest BCUT2D eigenvalue weighted by Crippen LogP contribution is 2.38. The Balaban J connectivity index is 1.36. The largest absolute Gasteiger partial charge is 0.480 e. The number of thiocarbonyl (C=S) groups is 1. The summed E-state index contributed by atoms with van der Waals surface area (Å²) in [6.45, 7) is 2.42. The number of rotatable bonds is 5. The average molecular weight is 492 g/mol. The highest BCUT2D eigenvalue weighted by Gasteiger charge is 2.49. The Morgan fingerprint density at radius 2 is 1.57 bits per heavy atom. The monoisotopic (exact) mass is 491 g/mol. The molecule has 2 aromatic carbocycles. The molecule has 8 heteroatoms. The summed E-state index contributed by atoms with van der Waals surface area (Å²) < 4.78 is 0. The summed E-state index contributed by atoms with van der Waals surface area (Å²) in [5.74, 6) is -1.85. The molecule has 35 heavy (non-hydrogen) atoms. The van der Waals surface area contributed by atoms with Crippen molar-refractivity contribution < 1.29 is 19.5 Å². The predicted octanol–water partition coefficient (Wildman–Crippen LogP) is 2.45. The van der Waals surface area contributed by atoms with E-state index in [1.165, 1.54) is 0 Å². The van der Waals surface area contributed by atoms with Crippen molar-refractivity contribution in [1.29, 1.82) is 0 Å². The van der Waals surface area contributed by atoms with Crippen molar-refractivity contribution in [2.45, 2.75) is 37.3 Å². The first-order chi connectivity index (χ1) is 16.9. The summed E-state index contributed by atoms with van der Waals surface area (Å²) in [6, 6.07) is 18.2. The van der Waals surface area contributed by atoms with Crippen LogP contribution in [0.15, 0.2) is 60.7 Å². The number of amides is 2. The molecule has 3 saturated heterocycles. The van der Waals surface area contributed by atoms with Gasteiger partial charge in [-0.05, 0) is 43.5 Å². The minimum atomic E-state index is -0.971. The lowest BCUT2D eigenvalue weighted by Crippen LogP contribution is -2.49. The Morgan fingerprint density at radius 1 is 1.00 bits per heavy atom. The van der Waals surface area contributed by atoms with Gasteiger partial charge >= 0.3 is 5.97 Å². The van der Waals surface area contributed by atoms with E-state index >= 15 is 0 Å². The maximum atomic E-state index is 14.0. The highest BCUT2D eigenvalue weighted by molar-refractivity contribution is 7.82. The smallest absolute Gasteiger partial charge is 0.326 e. The minimum Gasteiger partial charge on any atom is -0.480 e. The fourth-order valence-corrected chi connectivity index (χ4v) is 6.21. The number of nitrogens with one attached hydrogen (secondary N) is 1. The van der Waals surface area contributed by atoms with E-state index in [0.717, 1.165) is 37.1 Å². The van der Waals surface area contributed by atoms with E-state index in [2.05, 4.69) is 10.2 Å². The number of likely N-dealkylation sites (tertiary alicyclic amines) is 2. The van der Waals surface area contributed by atoms with Crippen molar-refractivity contribution >= 4 is 34.9 Å². The molecular weight excluding hydrogens is 462 g/mol. The molecule has 0 saturated carbocycles. The molecule has 2 atom stereocenters. The number of carbonyl (C=O) groups excluding carboxylic acids is 2. The van der Waals surface area contributed by atoms with Gasteiger partial charge in [0.25, 0.3) is 5.91 Å². The molecule has 2 aromatic rings. The van der Waals surface area contributed by atoms with Gasteiger partial charge in [-0.3, -0.25) is 14.5 Å². The van der Waals surface area contributed by atoms with Crippen molar-refractivity contribution in [2.24, 2.45) is 5.41 Å². The lowest BCUT2D eigenvalue weighted by atomic mass is 9.77. The molecule has 3 aliphatic heterocycles. The van der Waals surface area contributed by atoms with Gasteiger partial charge in [0.2, 0.25) is 5.91 Å². The summed E-state index contributed by atoms with van der Waals surface area (Å²) in [5, 5.41) is 12.9. The molecule has 0 aliphatic carbocycles. The number of carboxylic acids is 1. The number of carboxylic acid groups (broad SMARTS) is 1. The molecule has 2 N–H and O–H groups in total. The number of hydrogen-bond acceptors (Lipinski definition) is 5. The molecule has 0 aromatic heterocycles. The predicted molar refractivity (Wildman–Crippen MR) is 135 cm³/mol. The highest BCUT2D eigenvalue weighted by atomic mass is 32.1. The van der Waals surface area contributed by atoms with Crippen molar-refractivity contribution in [3.05, 3.63) is 71.8 Å². The molecule has 5 rings (SSSR count). The number of benzene rings is 2. The van der Waals surface area contributed by atoms with E-state index in [0.29, 0.717) is 24.4 Å². The van der Waals surface area contributed by atoms with Crippen LogP contribution in [0.4, 0.5) is 0 Å².